The van der Waals surface area contributed by atoms with E-state index in [0.717, 1.165) is 56.3 Å². The van der Waals surface area contributed by atoms with E-state index in [1.165, 1.54) is 0 Å². The van der Waals surface area contributed by atoms with Gasteiger partial charge < -0.3 is 15.0 Å². The minimum Gasteiger partial charge on any atom is -0.497 e. The van der Waals surface area contributed by atoms with Gasteiger partial charge in [0.2, 0.25) is 0 Å². The van der Waals surface area contributed by atoms with Crippen LogP contribution >= 0.6 is 11.3 Å². The molecule has 0 aliphatic carbocycles. The fourth-order valence-electron chi connectivity index (χ4n) is 3.11. The molecule has 0 bridgehead atoms. The average Bonchev–Trinajstić information content (AvgIpc) is 3.12. The maximum absolute atomic E-state index is 12.9. The lowest BCUT2D eigenvalue weighted by Gasteiger charge is -2.05. The topological polar surface area (TPSA) is 54.1 Å². The number of methoxy groups -OCH3 is 1. The molecule has 4 rings (SSSR count). The third-order valence-electron chi connectivity index (χ3n) is 4.18. The van der Waals surface area contributed by atoms with Gasteiger partial charge in [-0.15, -0.1) is 11.3 Å². The van der Waals surface area contributed by atoms with Crippen molar-refractivity contribution in [3.63, 3.8) is 0 Å². The Morgan fingerprint density at radius 1 is 1.23 bits per heavy atom. The van der Waals surface area contributed by atoms with Crippen molar-refractivity contribution in [3.8, 4) is 16.9 Å². The van der Waals surface area contributed by atoms with Crippen LogP contribution in [-0.2, 0) is 6.42 Å². The van der Waals surface area contributed by atoms with Gasteiger partial charge in [0.15, 0.2) is 5.43 Å². The number of pyridine rings is 1. The number of nitrogens with one attached hydrogen (secondary N) is 2. The van der Waals surface area contributed by atoms with Gasteiger partial charge in [-0.1, -0.05) is 12.1 Å². The molecule has 0 amide bonds. The van der Waals surface area contributed by atoms with Gasteiger partial charge in [-0.2, -0.15) is 0 Å². The van der Waals surface area contributed by atoms with Gasteiger partial charge in [-0.3, -0.25) is 4.79 Å². The number of aromatic nitrogens is 1. The molecule has 1 aromatic carbocycles. The van der Waals surface area contributed by atoms with Crippen LogP contribution in [0.3, 0.4) is 0 Å². The van der Waals surface area contributed by atoms with E-state index in [2.05, 4.69) is 17.2 Å². The van der Waals surface area contributed by atoms with Crippen LogP contribution in [0.25, 0.3) is 21.3 Å². The number of thiophene rings is 1. The van der Waals surface area contributed by atoms with Crippen molar-refractivity contribution < 1.29 is 4.74 Å². The van der Waals surface area contributed by atoms with E-state index in [1.807, 2.05) is 24.3 Å². The molecule has 5 heteroatoms. The number of benzene rings is 1. The van der Waals surface area contributed by atoms with Crippen molar-refractivity contribution in [1.82, 2.24) is 4.98 Å². The van der Waals surface area contributed by atoms with E-state index in [-0.39, 0.29) is 5.43 Å². The first-order chi connectivity index (χ1) is 10.7. The van der Waals surface area contributed by atoms with Gasteiger partial charge in [-0.25, -0.2) is 0 Å². The molecule has 2 aromatic heterocycles. The van der Waals surface area contributed by atoms with E-state index in [0.29, 0.717) is 0 Å². The number of ether oxygens (including phenoxy) is 1. The Hall–Kier alpha value is -2.27. The summed E-state index contributed by atoms with van der Waals surface area (Å²) >= 11 is 1.64. The third kappa shape index (κ3) is 1.85. The van der Waals surface area contributed by atoms with Crippen molar-refractivity contribution in [2.45, 2.75) is 13.3 Å². The lowest BCUT2D eigenvalue weighted by Crippen LogP contribution is -2.08. The van der Waals surface area contributed by atoms with E-state index in [4.69, 9.17) is 4.74 Å². The van der Waals surface area contributed by atoms with E-state index in [9.17, 15) is 4.79 Å². The molecule has 0 atom stereocenters. The minimum atomic E-state index is 0.156. The van der Waals surface area contributed by atoms with Crippen molar-refractivity contribution in [1.29, 1.82) is 0 Å². The van der Waals surface area contributed by atoms with Gasteiger partial charge in [0.25, 0.3) is 0 Å². The van der Waals surface area contributed by atoms with Crippen LogP contribution in [0, 0.1) is 6.92 Å². The number of rotatable bonds is 2. The molecule has 112 valence electrons. The maximum atomic E-state index is 12.9. The van der Waals surface area contributed by atoms with Crippen molar-refractivity contribution in [2.75, 3.05) is 19.0 Å². The number of hydrogen-bond donors (Lipinski definition) is 2. The lowest BCUT2D eigenvalue weighted by molar-refractivity contribution is 0.415. The molecular weight excluding hydrogens is 296 g/mol. The van der Waals surface area contributed by atoms with Gasteiger partial charge in [-0.05, 0) is 31.0 Å². The smallest absolute Gasteiger partial charge is 0.196 e. The van der Waals surface area contributed by atoms with Gasteiger partial charge in [0, 0.05) is 22.5 Å². The Balaban J connectivity index is 2.01. The summed E-state index contributed by atoms with van der Waals surface area (Å²) in [4.78, 5) is 18.4. The average molecular weight is 312 g/mol. The van der Waals surface area contributed by atoms with Crippen molar-refractivity contribution >= 4 is 27.4 Å². The summed E-state index contributed by atoms with van der Waals surface area (Å²) in [6.45, 7) is 2.89. The predicted molar refractivity (Wildman–Crippen MR) is 91.4 cm³/mol. The summed E-state index contributed by atoms with van der Waals surface area (Å²) in [6.07, 6.45) is 0.789. The first kappa shape index (κ1) is 13.4. The Morgan fingerprint density at radius 3 is 2.73 bits per heavy atom. The second kappa shape index (κ2) is 4.88. The second-order valence-corrected chi connectivity index (χ2v) is 6.68. The molecule has 0 fully saturated rings. The molecule has 0 saturated carbocycles. The van der Waals surface area contributed by atoms with Gasteiger partial charge >= 0.3 is 0 Å². The van der Waals surface area contributed by atoms with Crippen LogP contribution < -0.4 is 15.5 Å². The number of H-pyrrole nitrogens is 1. The standard InChI is InChI=1S/C17H16N2O2S/c1-9-13(10-3-5-11(21-2)6-4-10)14-15(20)12-7-8-18-16(12)19-17(14)22-9/h3-6H,7-8H2,1-2H3,(H2,18,19,20). The molecule has 0 saturated heterocycles. The molecular formula is C17H16N2O2S. The van der Waals surface area contributed by atoms with E-state index < -0.39 is 0 Å². The summed E-state index contributed by atoms with van der Waals surface area (Å²) in [6, 6.07) is 7.89. The Kier molecular flexibility index (Phi) is 2.97. The first-order valence-corrected chi connectivity index (χ1v) is 8.07. The highest BCUT2D eigenvalue weighted by molar-refractivity contribution is 7.19. The van der Waals surface area contributed by atoms with E-state index in [1.54, 1.807) is 18.4 Å². The number of aryl methyl sites for hydroxylation is 1. The zero-order valence-electron chi connectivity index (χ0n) is 12.4. The maximum Gasteiger partial charge on any atom is 0.196 e. The van der Waals surface area contributed by atoms with Crippen LogP contribution in [0.4, 0.5) is 5.82 Å². The molecule has 1 aliphatic rings. The van der Waals surface area contributed by atoms with Gasteiger partial charge in [0.1, 0.15) is 16.4 Å². The second-order valence-electron chi connectivity index (χ2n) is 5.45. The largest absolute Gasteiger partial charge is 0.497 e. The summed E-state index contributed by atoms with van der Waals surface area (Å²) in [5.74, 6) is 1.71. The number of hydrogen-bond acceptors (Lipinski definition) is 4. The van der Waals surface area contributed by atoms with Crippen LogP contribution in [-0.4, -0.2) is 18.6 Å². The van der Waals surface area contributed by atoms with Gasteiger partial charge in [0.05, 0.1) is 12.5 Å². The van der Waals surface area contributed by atoms with Crippen LogP contribution in [0.2, 0.25) is 0 Å². The summed E-state index contributed by atoms with van der Waals surface area (Å²) < 4.78 is 5.21. The minimum absolute atomic E-state index is 0.156. The zero-order valence-corrected chi connectivity index (χ0v) is 13.3. The molecule has 1 aliphatic heterocycles. The summed E-state index contributed by atoms with van der Waals surface area (Å²) in [7, 11) is 1.65. The number of fused-ring (bicyclic) bond motifs is 2. The van der Waals surface area contributed by atoms with Crippen LogP contribution in [0.15, 0.2) is 29.1 Å². The molecule has 0 radical (unpaired) electrons. The highest BCUT2D eigenvalue weighted by atomic mass is 32.1. The quantitative estimate of drug-likeness (QED) is 0.761. The third-order valence-corrected chi connectivity index (χ3v) is 5.20. The molecule has 0 unspecified atom stereocenters. The predicted octanol–water partition coefficient (Wildman–Crippen LogP) is 3.54. The number of aromatic amines is 1. The van der Waals surface area contributed by atoms with E-state index >= 15 is 0 Å². The molecule has 2 N–H and O–H groups in total. The highest BCUT2D eigenvalue weighted by Gasteiger charge is 2.21. The Morgan fingerprint density at radius 2 is 2.00 bits per heavy atom. The fourth-order valence-corrected chi connectivity index (χ4v) is 4.19. The highest BCUT2D eigenvalue weighted by Crippen LogP contribution is 2.37. The Labute approximate surface area is 131 Å². The normalized spacial score (nSPS) is 13.2. The Bertz CT molecular complexity index is 922. The molecule has 4 nitrogen and oxygen atoms in total. The van der Waals surface area contributed by atoms with Crippen LogP contribution in [0.1, 0.15) is 10.4 Å². The lowest BCUT2D eigenvalue weighted by atomic mass is 10.0. The van der Waals surface area contributed by atoms with Crippen molar-refractivity contribution in [2.24, 2.45) is 0 Å². The molecule has 22 heavy (non-hydrogen) atoms. The van der Waals surface area contributed by atoms with Crippen molar-refractivity contribution in [3.05, 3.63) is 44.9 Å². The molecule has 0 spiro atoms. The summed E-state index contributed by atoms with van der Waals surface area (Å²) in [5.41, 5.74) is 3.13. The monoisotopic (exact) mass is 312 g/mol. The number of anilines is 1. The molecule has 3 heterocycles. The fraction of sp³-hybridized carbons (Fsp3) is 0.235. The van der Waals surface area contributed by atoms with Crippen LogP contribution in [0.5, 0.6) is 5.75 Å². The zero-order chi connectivity index (χ0) is 15.3. The SMILES string of the molecule is COc1ccc(-c2c(C)sc3[nH]c4c(c(=O)c23)CCN4)cc1. The summed E-state index contributed by atoms with van der Waals surface area (Å²) in [5, 5.41) is 4.07. The molecule has 3 aromatic rings. The first-order valence-electron chi connectivity index (χ1n) is 7.25.